The Labute approximate surface area is 129 Å². The molecule has 0 spiro atoms. The van der Waals surface area contributed by atoms with Crippen LogP contribution in [0.5, 0.6) is 5.75 Å². The van der Waals surface area contributed by atoms with Gasteiger partial charge in [-0.25, -0.2) is 0 Å². The molecule has 4 heteroatoms. The summed E-state index contributed by atoms with van der Waals surface area (Å²) in [5.74, 6) is 0.0861. The molecule has 0 radical (unpaired) electrons. The number of phenolic OH excluding ortho intramolecular Hbond substituents is 1. The van der Waals surface area contributed by atoms with Crippen LogP contribution in [0, 0.1) is 0 Å². The molecular formula is C18H15O3P. The van der Waals surface area contributed by atoms with Gasteiger partial charge in [-0.1, -0.05) is 54.6 Å². The molecule has 0 aliphatic carbocycles. The Morgan fingerprint density at radius 1 is 0.682 bits per heavy atom. The Hall–Kier alpha value is -2.35. The van der Waals surface area contributed by atoms with Crippen molar-refractivity contribution >= 4 is 18.0 Å². The van der Waals surface area contributed by atoms with Crippen LogP contribution in [0.3, 0.4) is 0 Å². The summed E-state index contributed by atoms with van der Waals surface area (Å²) in [5, 5.41) is 10.7. The minimum Gasteiger partial charge on any atom is -0.507 e. The normalized spacial score (nSPS) is 13.5. The smallest absolute Gasteiger partial charge is 0.259 e. The molecule has 3 nitrogen and oxygen atoms in total. The quantitative estimate of drug-likeness (QED) is 0.730. The van der Waals surface area contributed by atoms with Gasteiger partial charge in [-0.3, -0.25) is 4.57 Å². The molecule has 0 saturated carbocycles. The van der Waals surface area contributed by atoms with E-state index in [0.717, 1.165) is 0 Å². The van der Waals surface area contributed by atoms with Gasteiger partial charge in [-0.15, -0.1) is 0 Å². The van der Waals surface area contributed by atoms with Gasteiger partial charge in [0.25, 0.3) is 7.37 Å². The van der Waals surface area contributed by atoms with Crippen LogP contribution in [0.25, 0.3) is 11.1 Å². The highest BCUT2D eigenvalue weighted by atomic mass is 31.2. The van der Waals surface area contributed by atoms with Crippen LogP contribution in [0.2, 0.25) is 0 Å². The van der Waals surface area contributed by atoms with Gasteiger partial charge >= 0.3 is 0 Å². The van der Waals surface area contributed by atoms with Crippen LogP contribution in [0.4, 0.5) is 0 Å². The molecule has 3 aromatic rings. The average Bonchev–Trinajstić information content (AvgIpc) is 2.56. The molecule has 1 atom stereocenters. The summed E-state index contributed by atoms with van der Waals surface area (Å²) in [6.07, 6.45) is 0. The molecule has 22 heavy (non-hydrogen) atoms. The Bertz CT molecular complexity index is 844. The molecule has 0 aliphatic heterocycles. The second-order valence-corrected chi connectivity index (χ2v) is 7.10. The second-order valence-electron chi connectivity index (χ2n) is 4.95. The van der Waals surface area contributed by atoms with E-state index in [2.05, 4.69) is 0 Å². The number of rotatable bonds is 3. The molecule has 0 aromatic heterocycles. The van der Waals surface area contributed by atoms with Crippen molar-refractivity contribution in [3.63, 3.8) is 0 Å². The monoisotopic (exact) mass is 310 g/mol. The zero-order valence-electron chi connectivity index (χ0n) is 11.8. The third kappa shape index (κ3) is 2.57. The Balaban J connectivity index is 2.22. The fourth-order valence-electron chi connectivity index (χ4n) is 2.44. The topological polar surface area (TPSA) is 57.5 Å². The van der Waals surface area contributed by atoms with E-state index in [-0.39, 0.29) is 5.75 Å². The van der Waals surface area contributed by atoms with Gasteiger partial charge in [0, 0.05) is 16.2 Å². The Morgan fingerprint density at radius 2 is 1.23 bits per heavy atom. The molecule has 1 unspecified atom stereocenters. The van der Waals surface area contributed by atoms with Gasteiger partial charge in [0.15, 0.2) is 0 Å². The Morgan fingerprint density at radius 3 is 1.91 bits per heavy atom. The maximum absolute atomic E-state index is 13.0. The van der Waals surface area contributed by atoms with Crippen LogP contribution in [-0.2, 0) is 4.57 Å². The van der Waals surface area contributed by atoms with Gasteiger partial charge < -0.3 is 10.00 Å². The van der Waals surface area contributed by atoms with E-state index in [1.165, 1.54) is 0 Å². The predicted octanol–water partition coefficient (Wildman–Crippen LogP) is 3.28. The number of hydrogen-bond donors (Lipinski definition) is 2. The second kappa shape index (κ2) is 5.80. The summed E-state index contributed by atoms with van der Waals surface area (Å²) in [6, 6.07) is 22.3. The third-order valence-corrected chi connectivity index (χ3v) is 5.57. The summed E-state index contributed by atoms with van der Waals surface area (Å²) in [7, 11) is -3.73. The fraction of sp³-hybridized carbons (Fsp3) is 0. The molecule has 3 rings (SSSR count). The number of hydrogen-bond acceptors (Lipinski definition) is 2. The molecule has 0 aliphatic rings. The fourth-order valence-corrected chi connectivity index (χ4v) is 4.10. The highest BCUT2D eigenvalue weighted by molar-refractivity contribution is 7.73. The minimum atomic E-state index is -3.73. The van der Waals surface area contributed by atoms with Crippen LogP contribution in [-0.4, -0.2) is 10.00 Å². The van der Waals surface area contributed by atoms with E-state index in [1.807, 2.05) is 0 Å². The lowest BCUT2D eigenvalue weighted by Gasteiger charge is -2.17. The molecular weight excluding hydrogens is 295 g/mol. The highest BCUT2D eigenvalue weighted by Gasteiger charge is 2.27. The largest absolute Gasteiger partial charge is 0.507 e. The van der Waals surface area contributed by atoms with Crippen LogP contribution >= 0.6 is 7.37 Å². The molecule has 110 valence electrons. The van der Waals surface area contributed by atoms with E-state index in [1.54, 1.807) is 78.9 Å². The Kier molecular flexibility index (Phi) is 3.84. The number of aromatic hydroxyl groups is 1. The first kappa shape index (κ1) is 14.6. The molecule has 0 heterocycles. The molecule has 3 aromatic carbocycles. The van der Waals surface area contributed by atoms with E-state index in [9.17, 15) is 14.6 Å². The summed E-state index contributed by atoms with van der Waals surface area (Å²) in [5.41, 5.74) is 1.11. The molecule has 0 bridgehead atoms. The van der Waals surface area contributed by atoms with Gasteiger partial charge in [-0.2, -0.15) is 0 Å². The summed E-state index contributed by atoms with van der Waals surface area (Å²) in [6.45, 7) is 0. The molecule has 2 N–H and O–H groups in total. The van der Waals surface area contributed by atoms with Crippen molar-refractivity contribution in [1.29, 1.82) is 0 Å². The number of para-hydroxylation sites is 1. The zero-order valence-corrected chi connectivity index (χ0v) is 12.6. The highest BCUT2D eigenvalue weighted by Crippen LogP contribution is 2.42. The minimum absolute atomic E-state index is 0.0861. The van der Waals surface area contributed by atoms with Gasteiger partial charge in [0.05, 0.1) is 0 Å². The van der Waals surface area contributed by atoms with Crippen LogP contribution in [0.15, 0.2) is 78.9 Å². The molecule has 0 amide bonds. The van der Waals surface area contributed by atoms with Crippen LogP contribution in [0.1, 0.15) is 0 Å². The van der Waals surface area contributed by atoms with Gasteiger partial charge in [-0.05, 0) is 29.8 Å². The summed E-state index contributed by atoms with van der Waals surface area (Å²) >= 11 is 0. The van der Waals surface area contributed by atoms with Crippen molar-refractivity contribution in [1.82, 2.24) is 0 Å². The van der Waals surface area contributed by atoms with Crippen molar-refractivity contribution < 1.29 is 14.6 Å². The van der Waals surface area contributed by atoms with Crippen molar-refractivity contribution in [3.8, 4) is 16.9 Å². The lowest BCUT2D eigenvalue weighted by molar-refractivity contribution is 0.477. The first-order chi connectivity index (χ1) is 10.6. The predicted molar refractivity (Wildman–Crippen MR) is 89.1 cm³/mol. The lowest BCUT2D eigenvalue weighted by Crippen LogP contribution is -2.17. The average molecular weight is 310 g/mol. The summed E-state index contributed by atoms with van der Waals surface area (Å²) in [4.78, 5) is 10.7. The zero-order chi connectivity index (χ0) is 15.6. The maximum Gasteiger partial charge on any atom is 0.259 e. The third-order valence-electron chi connectivity index (χ3n) is 3.53. The van der Waals surface area contributed by atoms with E-state index in [0.29, 0.717) is 21.7 Å². The van der Waals surface area contributed by atoms with E-state index in [4.69, 9.17) is 0 Å². The van der Waals surface area contributed by atoms with Crippen molar-refractivity contribution in [2.24, 2.45) is 0 Å². The van der Waals surface area contributed by atoms with Crippen LogP contribution < -0.4 is 10.6 Å². The summed E-state index contributed by atoms with van der Waals surface area (Å²) < 4.78 is 13.0. The van der Waals surface area contributed by atoms with Gasteiger partial charge in [0.1, 0.15) is 5.75 Å². The van der Waals surface area contributed by atoms with E-state index < -0.39 is 7.37 Å². The standard InChI is InChI=1S/C18H15O3P/c19-17-12-6-4-10-15(17)16-11-5-7-13-18(16)22(20,21)14-8-2-1-3-9-14/h1-13,19H,(H,20,21). The van der Waals surface area contributed by atoms with Crippen molar-refractivity contribution in [3.05, 3.63) is 78.9 Å². The van der Waals surface area contributed by atoms with E-state index >= 15 is 0 Å². The molecule has 0 fully saturated rings. The molecule has 0 saturated heterocycles. The van der Waals surface area contributed by atoms with Crippen molar-refractivity contribution in [2.45, 2.75) is 0 Å². The maximum atomic E-state index is 13.0. The lowest BCUT2D eigenvalue weighted by atomic mass is 10.0. The van der Waals surface area contributed by atoms with Crippen molar-refractivity contribution in [2.75, 3.05) is 0 Å². The first-order valence-corrected chi connectivity index (χ1v) is 8.53. The SMILES string of the molecule is O=P(O)(c1ccccc1)c1ccccc1-c1ccccc1O. The number of phenols is 1. The van der Waals surface area contributed by atoms with Gasteiger partial charge in [0.2, 0.25) is 0 Å². The number of benzene rings is 3. The first-order valence-electron chi connectivity index (χ1n) is 6.87.